The van der Waals surface area contributed by atoms with E-state index in [4.69, 9.17) is 4.74 Å². The Hall–Kier alpha value is -0.610. The minimum Gasteiger partial charge on any atom is -0.468 e. The van der Waals surface area contributed by atoms with E-state index in [1.54, 1.807) is 0 Å². The SMILES string of the molecule is COC(=O)[C@@H](NC1CCCC1C1CCCN1)C(C)C. The molecule has 4 nitrogen and oxygen atoms in total. The summed E-state index contributed by atoms with van der Waals surface area (Å²) in [4.78, 5) is 11.9. The lowest BCUT2D eigenvalue weighted by molar-refractivity contribution is -0.144. The Kier molecular flexibility index (Phi) is 5.22. The van der Waals surface area contributed by atoms with Crippen molar-refractivity contribution in [1.82, 2.24) is 10.6 Å². The second-order valence-electron chi connectivity index (χ2n) is 6.32. The van der Waals surface area contributed by atoms with Crippen LogP contribution in [0.4, 0.5) is 0 Å². The summed E-state index contributed by atoms with van der Waals surface area (Å²) in [6.07, 6.45) is 6.31. The smallest absolute Gasteiger partial charge is 0.323 e. The molecule has 1 saturated heterocycles. The van der Waals surface area contributed by atoms with Gasteiger partial charge in [-0.15, -0.1) is 0 Å². The summed E-state index contributed by atoms with van der Waals surface area (Å²) in [5, 5.41) is 7.20. The Morgan fingerprint density at radius 1 is 1.26 bits per heavy atom. The van der Waals surface area contributed by atoms with Crippen molar-refractivity contribution in [1.29, 1.82) is 0 Å². The van der Waals surface area contributed by atoms with E-state index in [2.05, 4.69) is 24.5 Å². The molecule has 0 bridgehead atoms. The highest BCUT2D eigenvalue weighted by molar-refractivity contribution is 5.76. The van der Waals surface area contributed by atoms with E-state index in [9.17, 15) is 4.79 Å². The van der Waals surface area contributed by atoms with Gasteiger partial charge in [0.05, 0.1) is 7.11 Å². The van der Waals surface area contributed by atoms with Crippen LogP contribution in [0.15, 0.2) is 0 Å². The van der Waals surface area contributed by atoms with E-state index in [-0.39, 0.29) is 17.9 Å². The van der Waals surface area contributed by atoms with Crippen LogP contribution < -0.4 is 10.6 Å². The second-order valence-corrected chi connectivity index (χ2v) is 6.32. The monoisotopic (exact) mass is 268 g/mol. The van der Waals surface area contributed by atoms with Gasteiger partial charge in [-0.05, 0) is 44.1 Å². The predicted molar refractivity (Wildman–Crippen MR) is 75.9 cm³/mol. The molecular weight excluding hydrogens is 240 g/mol. The molecule has 2 rings (SSSR count). The van der Waals surface area contributed by atoms with Crippen LogP contribution in [0.2, 0.25) is 0 Å². The summed E-state index contributed by atoms with van der Waals surface area (Å²) >= 11 is 0. The first-order valence-corrected chi connectivity index (χ1v) is 7.70. The third kappa shape index (κ3) is 3.48. The lowest BCUT2D eigenvalue weighted by atomic mass is 9.91. The van der Waals surface area contributed by atoms with Crippen LogP contribution >= 0.6 is 0 Å². The Balaban J connectivity index is 1.97. The number of rotatable bonds is 5. The molecule has 1 heterocycles. The van der Waals surface area contributed by atoms with Gasteiger partial charge >= 0.3 is 5.97 Å². The third-order valence-electron chi connectivity index (χ3n) is 4.70. The van der Waals surface area contributed by atoms with Gasteiger partial charge < -0.3 is 15.4 Å². The van der Waals surface area contributed by atoms with Crippen molar-refractivity contribution in [2.24, 2.45) is 11.8 Å². The topological polar surface area (TPSA) is 50.4 Å². The minimum atomic E-state index is -0.169. The number of carbonyl (C=O) groups excluding carboxylic acids is 1. The quantitative estimate of drug-likeness (QED) is 0.745. The summed E-state index contributed by atoms with van der Waals surface area (Å²) < 4.78 is 4.93. The van der Waals surface area contributed by atoms with Gasteiger partial charge in [-0.2, -0.15) is 0 Å². The van der Waals surface area contributed by atoms with Gasteiger partial charge in [0.1, 0.15) is 6.04 Å². The lowest BCUT2D eigenvalue weighted by Gasteiger charge is -2.31. The van der Waals surface area contributed by atoms with Crippen LogP contribution in [0.5, 0.6) is 0 Å². The van der Waals surface area contributed by atoms with E-state index in [0.717, 1.165) is 6.54 Å². The summed E-state index contributed by atoms with van der Waals surface area (Å²) in [6.45, 7) is 5.30. The fraction of sp³-hybridized carbons (Fsp3) is 0.933. The Bertz CT molecular complexity index is 301. The van der Waals surface area contributed by atoms with E-state index in [1.807, 2.05) is 0 Å². The summed E-state index contributed by atoms with van der Waals surface area (Å²) in [6, 6.07) is 0.935. The molecule has 4 heteroatoms. The molecule has 0 radical (unpaired) electrons. The molecule has 0 spiro atoms. The number of hydrogen-bond donors (Lipinski definition) is 2. The second kappa shape index (κ2) is 6.71. The highest BCUT2D eigenvalue weighted by Crippen LogP contribution is 2.32. The van der Waals surface area contributed by atoms with E-state index >= 15 is 0 Å². The summed E-state index contributed by atoms with van der Waals surface area (Å²) in [7, 11) is 1.48. The molecule has 110 valence electrons. The Morgan fingerprint density at radius 3 is 2.63 bits per heavy atom. The number of esters is 1. The molecule has 0 amide bonds. The number of methoxy groups -OCH3 is 1. The number of hydrogen-bond acceptors (Lipinski definition) is 4. The van der Waals surface area contributed by atoms with Crippen LogP contribution in [0, 0.1) is 11.8 Å². The van der Waals surface area contributed by atoms with Gasteiger partial charge in [-0.1, -0.05) is 20.3 Å². The fourth-order valence-electron chi connectivity index (χ4n) is 3.64. The zero-order valence-corrected chi connectivity index (χ0v) is 12.4. The van der Waals surface area contributed by atoms with Gasteiger partial charge in [0.25, 0.3) is 0 Å². The van der Waals surface area contributed by atoms with E-state index in [0.29, 0.717) is 18.0 Å². The number of carbonyl (C=O) groups is 1. The van der Waals surface area contributed by atoms with Crippen molar-refractivity contribution < 1.29 is 9.53 Å². The largest absolute Gasteiger partial charge is 0.468 e. The van der Waals surface area contributed by atoms with Crippen LogP contribution in [-0.4, -0.2) is 37.7 Å². The number of nitrogens with one attached hydrogen (secondary N) is 2. The van der Waals surface area contributed by atoms with Gasteiger partial charge in [0.15, 0.2) is 0 Å². The van der Waals surface area contributed by atoms with E-state index < -0.39 is 0 Å². The fourth-order valence-corrected chi connectivity index (χ4v) is 3.64. The van der Waals surface area contributed by atoms with Crippen LogP contribution in [0.1, 0.15) is 46.0 Å². The highest BCUT2D eigenvalue weighted by Gasteiger charge is 2.37. The van der Waals surface area contributed by atoms with Crippen molar-refractivity contribution >= 4 is 5.97 Å². The molecule has 19 heavy (non-hydrogen) atoms. The zero-order valence-electron chi connectivity index (χ0n) is 12.4. The van der Waals surface area contributed by atoms with Crippen molar-refractivity contribution in [2.45, 2.75) is 64.1 Å². The highest BCUT2D eigenvalue weighted by atomic mass is 16.5. The predicted octanol–water partition coefficient (Wildman–Crippen LogP) is 1.69. The molecule has 3 unspecified atom stereocenters. The molecule has 0 aromatic carbocycles. The van der Waals surface area contributed by atoms with Crippen molar-refractivity contribution in [3.05, 3.63) is 0 Å². The van der Waals surface area contributed by atoms with Crippen molar-refractivity contribution in [3.8, 4) is 0 Å². The first kappa shape index (κ1) is 14.8. The van der Waals surface area contributed by atoms with Crippen LogP contribution in [0.3, 0.4) is 0 Å². The molecule has 2 N–H and O–H groups in total. The molecule has 1 aliphatic heterocycles. The van der Waals surface area contributed by atoms with Gasteiger partial charge in [0.2, 0.25) is 0 Å². The maximum atomic E-state index is 11.9. The molecule has 0 aromatic rings. The van der Waals surface area contributed by atoms with Gasteiger partial charge in [-0.25, -0.2) is 0 Å². The van der Waals surface area contributed by atoms with Gasteiger partial charge in [-0.3, -0.25) is 4.79 Å². The minimum absolute atomic E-state index is 0.125. The van der Waals surface area contributed by atoms with E-state index in [1.165, 1.54) is 39.2 Å². The maximum Gasteiger partial charge on any atom is 0.323 e. The van der Waals surface area contributed by atoms with Crippen LogP contribution in [-0.2, 0) is 9.53 Å². The van der Waals surface area contributed by atoms with Gasteiger partial charge in [0, 0.05) is 12.1 Å². The standard InChI is InChI=1S/C15H28N2O2/c1-10(2)14(15(18)19-3)17-13-7-4-6-11(13)12-8-5-9-16-12/h10-14,16-17H,4-9H2,1-3H3/t11?,12?,13?,14-/m0/s1. The normalized spacial score (nSPS) is 32.7. The Morgan fingerprint density at radius 2 is 2.05 bits per heavy atom. The first-order valence-electron chi connectivity index (χ1n) is 7.70. The molecule has 2 fully saturated rings. The number of ether oxygens (including phenoxy) is 1. The van der Waals surface area contributed by atoms with Crippen molar-refractivity contribution in [3.63, 3.8) is 0 Å². The maximum absolute atomic E-state index is 11.9. The average Bonchev–Trinajstić information content (AvgIpc) is 3.04. The molecule has 1 aliphatic carbocycles. The molecule has 4 atom stereocenters. The molecule has 1 saturated carbocycles. The molecule has 0 aromatic heterocycles. The molecular formula is C15H28N2O2. The van der Waals surface area contributed by atoms with Crippen molar-refractivity contribution in [2.75, 3.05) is 13.7 Å². The first-order chi connectivity index (χ1) is 9.13. The average molecular weight is 268 g/mol. The summed E-state index contributed by atoms with van der Waals surface area (Å²) in [5.41, 5.74) is 0. The third-order valence-corrected chi connectivity index (χ3v) is 4.70. The lowest BCUT2D eigenvalue weighted by Crippen LogP contribution is -2.51. The Labute approximate surface area is 116 Å². The molecule has 2 aliphatic rings. The van der Waals surface area contributed by atoms with Crippen LogP contribution in [0.25, 0.3) is 0 Å². The summed E-state index contributed by atoms with van der Waals surface area (Å²) in [5.74, 6) is 0.818. The zero-order chi connectivity index (χ0) is 13.8.